The lowest BCUT2D eigenvalue weighted by molar-refractivity contribution is -0.385. The molecule has 2 aromatic heterocycles. The van der Waals surface area contributed by atoms with Crippen molar-refractivity contribution < 1.29 is 4.92 Å². The van der Waals surface area contributed by atoms with Crippen LogP contribution in [0.25, 0.3) is 4.96 Å². The van der Waals surface area contributed by atoms with Crippen molar-refractivity contribution in [3.8, 4) is 0 Å². The Balaban J connectivity index is 1.66. The van der Waals surface area contributed by atoms with E-state index in [1.54, 1.807) is 24.3 Å². The Kier molecular flexibility index (Phi) is 3.68. The zero-order valence-electron chi connectivity index (χ0n) is 11.4. The van der Waals surface area contributed by atoms with Crippen LogP contribution in [0, 0.1) is 17.0 Å². The molecule has 0 saturated heterocycles. The molecule has 0 fully saturated rings. The molecule has 21 heavy (non-hydrogen) atoms. The van der Waals surface area contributed by atoms with E-state index in [0.29, 0.717) is 18.7 Å². The lowest BCUT2D eigenvalue weighted by Gasteiger charge is -2.07. The third kappa shape index (κ3) is 2.79. The number of nitrogens with one attached hydrogen (secondary N) is 1. The Morgan fingerprint density at radius 3 is 3.05 bits per heavy atom. The lowest BCUT2D eigenvalue weighted by Crippen LogP contribution is -2.14. The molecular weight excluding hydrogens is 288 g/mol. The predicted octanol–water partition coefficient (Wildman–Crippen LogP) is 2.90. The number of thiazole rings is 1. The van der Waals surface area contributed by atoms with Crippen molar-refractivity contribution in [2.45, 2.75) is 20.0 Å². The second-order valence-electron chi connectivity index (χ2n) is 4.75. The van der Waals surface area contributed by atoms with Crippen LogP contribution < -0.4 is 5.32 Å². The van der Waals surface area contributed by atoms with Crippen molar-refractivity contribution in [1.82, 2.24) is 14.7 Å². The van der Waals surface area contributed by atoms with E-state index in [-0.39, 0.29) is 10.6 Å². The number of hydrogen-bond acceptors (Lipinski definition) is 5. The minimum absolute atomic E-state index is 0.164. The van der Waals surface area contributed by atoms with Crippen LogP contribution in [0.5, 0.6) is 0 Å². The zero-order valence-corrected chi connectivity index (χ0v) is 12.3. The van der Waals surface area contributed by atoms with Gasteiger partial charge in [0.1, 0.15) is 0 Å². The van der Waals surface area contributed by atoms with Crippen molar-refractivity contribution in [3.05, 3.63) is 62.9 Å². The highest BCUT2D eigenvalue weighted by Gasteiger charge is 2.12. The highest BCUT2D eigenvalue weighted by atomic mass is 32.1. The average molecular weight is 302 g/mol. The summed E-state index contributed by atoms with van der Waals surface area (Å²) in [5.41, 5.74) is 2.77. The number of rotatable bonds is 5. The molecule has 3 rings (SSSR count). The van der Waals surface area contributed by atoms with Crippen molar-refractivity contribution in [1.29, 1.82) is 0 Å². The highest BCUT2D eigenvalue weighted by molar-refractivity contribution is 7.15. The summed E-state index contributed by atoms with van der Waals surface area (Å²) in [5, 5.41) is 16.2. The Hall–Kier alpha value is -2.25. The first-order valence-electron chi connectivity index (χ1n) is 6.50. The van der Waals surface area contributed by atoms with Gasteiger partial charge in [0.25, 0.3) is 5.69 Å². The second-order valence-corrected chi connectivity index (χ2v) is 5.62. The van der Waals surface area contributed by atoms with Crippen LogP contribution >= 0.6 is 11.3 Å². The Labute approximate surface area is 125 Å². The number of hydrogen-bond donors (Lipinski definition) is 1. The Morgan fingerprint density at radius 1 is 1.43 bits per heavy atom. The van der Waals surface area contributed by atoms with Crippen molar-refractivity contribution in [2.24, 2.45) is 0 Å². The molecule has 0 aliphatic rings. The van der Waals surface area contributed by atoms with Gasteiger partial charge in [0.15, 0.2) is 4.96 Å². The van der Waals surface area contributed by atoms with E-state index in [4.69, 9.17) is 0 Å². The molecule has 3 aromatic rings. The van der Waals surface area contributed by atoms with Gasteiger partial charge in [-0.25, -0.2) is 4.98 Å². The van der Waals surface area contributed by atoms with E-state index in [1.807, 2.05) is 28.2 Å². The minimum Gasteiger partial charge on any atom is -0.307 e. The third-order valence-corrected chi connectivity index (χ3v) is 4.15. The zero-order chi connectivity index (χ0) is 14.8. The highest BCUT2D eigenvalue weighted by Crippen LogP contribution is 2.21. The van der Waals surface area contributed by atoms with Gasteiger partial charge in [-0.15, -0.1) is 11.3 Å². The fraction of sp³-hybridized carbons (Fsp3) is 0.214. The van der Waals surface area contributed by atoms with Crippen molar-refractivity contribution in [2.75, 3.05) is 0 Å². The van der Waals surface area contributed by atoms with Crippen LogP contribution in [0.1, 0.15) is 16.8 Å². The summed E-state index contributed by atoms with van der Waals surface area (Å²) in [7, 11) is 0. The van der Waals surface area contributed by atoms with Gasteiger partial charge in [0, 0.05) is 42.5 Å². The first-order chi connectivity index (χ1) is 10.1. The molecule has 2 heterocycles. The molecule has 0 atom stereocenters. The summed E-state index contributed by atoms with van der Waals surface area (Å²) in [4.78, 5) is 16.0. The summed E-state index contributed by atoms with van der Waals surface area (Å²) in [6.07, 6.45) is 3.96. The summed E-state index contributed by atoms with van der Waals surface area (Å²) >= 11 is 1.59. The fourth-order valence-electron chi connectivity index (χ4n) is 2.25. The molecular formula is C14H14N4O2S. The van der Waals surface area contributed by atoms with Gasteiger partial charge in [-0.3, -0.25) is 14.5 Å². The Bertz CT molecular complexity index is 765. The molecule has 0 amide bonds. The van der Waals surface area contributed by atoms with Crippen LogP contribution in [0.4, 0.5) is 5.69 Å². The van der Waals surface area contributed by atoms with E-state index in [9.17, 15) is 10.1 Å². The molecule has 1 aromatic carbocycles. The van der Waals surface area contributed by atoms with Crippen LogP contribution in [0.15, 0.2) is 36.0 Å². The normalized spacial score (nSPS) is 11.1. The van der Waals surface area contributed by atoms with E-state index in [2.05, 4.69) is 10.3 Å². The van der Waals surface area contributed by atoms with Crippen LogP contribution in [0.2, 0.25) is 0 Å². The van der Waals surface area contributed by atoms with Gasteiger partial charge in [-0.05, 0) is 12.5 Å². The third-order valence-electron chi connectivity index (χ3n) is 3.38. The maximum atomic E-state index is 10.9. The maximum Gasteiger partial charge on any atom is 0.272 e. The van der Waals surface area contributed by atoms with E-state index in [0.717, 1.165) is 16.2 Å². The molecule has 0 bridgehead atoms. The van der Waals surface area contributed by atoms with Gasteiger partial charge in [0.05, 0.1) is 10.6 Å². The molecule has 0 saturated carbocycles. The number of fused-ring (bicyclic) bond motifs is 1. The summed E-state index contributed by atoms with van der Waals surface area (Å²) < 4.78 is 1.99. The van der Waals surface area contributed by atoms with E-state index >= 15 is 0 Å². The standard InChI is InChI=1S/C14H14N4O2S/c1-10-11(3-2-4-13(10)18(19)20)7-15-8-12-9-17-5-6-21-14(17)16-12/h2-6,9,15H,7-8H2,1H3. The molecule has 6 nitrogen and oxygen atoms in total. The maximum absolute atomic E-state index is 10.9. The largest absolute Gasteiger partial charge is 0.307 e. The monoisotopic (exact) mass is 302 g/mol. The average Bonchev–Trinajstić information content (AvgIpc) is 3.01. The second kappa shape index (κ2) is 5.63. The molecule has 0 aliphatic carbocycles. The van der Waals surface area contributed by atoms with Gasteiger partial charge in [0.2, 0.25) is 0 Å². The fourth-order valence-corrected chi connectivity index (χ4v) is 2.96. The van der Waals surface area contributed by atoms with Crippen LogP contribution in [0.3, 0.4) is 0 Å². The molecule has 108 valence electrons. The number of nitrogens with zero attached hydrogens (tertiary/aromatic N) is 3. The molecule has 7 heteroatoms. The molecule has 0 radical (unpaired) electrons. The predicted molar refractivity (Wildman–Crippen MR) is 81.4 cm³/mol. The number of nitro benzene ring substituents is 1. The summed E-state index contributed by atoms with van der Waals surface area (Å²) in [5.74, 6) is 0. The van der Waals surface area contributed by atoms with Gasteiger partial charge in [-0.2, -0.15) is 0 Å². The van der Waals surface area contributed by atoms with Crippen LogP contribution in [-0.4, -0.2) is 14.3 Å². The van der Waals surface area contributed by atoms with E-state index < -0.39 is 0 Å². The first-order valence-corrected chi connectivity index (χ1v) is 7.38. The minimum atomic E-state index is -0.345. The Morgan fingerprint density at radius 2 is 2.29 bits per heavy atom. The van der Waals surface area contributed by atoms with Gasteiger partial charge < -0.3 is 5.32 Å². The molecule has 0 spiro atoms. The number of aromatic nitrogens is 2. The topological polar surface area (TPSA) is 72.5 Å². The number of benzene rings is 1. The number of nitro groups is 1. The number of imidazole rings is 1. The van der Waals surface area contributed by atoms with Crippen molar-refractivity contribution in [3.63, 3.8) is 0 Å². The SMILES string of the molecule is Cc1c(CNCc2cn3ccsc3n2)cccc1[N+](=O)[O-]. The molecule has 1 N–H and O–H groups in total. The lowest BCUT2D eigenvalue weighted by atomic mass is 10.1. The summed E-state index contributed by atoms with van der Waals surface area (Å²) in [6, 6.07) is 5.15. The molecule has 0 aliphatic heterocycles. The van der Waals surface area contributed by atoms with E-state index in [1.165, 1.54) is 6.07 Å². The quantitative estimate of drug-likeness (QED) is 0.581. The smallest absolute Gasteiger partial charge is 0.272 e. The van der Waals surface area contributed by atoms with Gasteiger partial charge >= 0.3 is 0 Å². The van der Waals surface area contributed by atoms with Gasteiger partial charge in [-0.1, -0.05) is 12.1 Å². The van der Waals surface area contributed by atoms with Crippen molar-refractivity contribution >= 4 is 22.0 Å². The first kappa shape index (κ1) is 13.7. The summed E-state index contributed by atoms with van der Waals surface area (Å²) in [6.45, 7) is 3.00. The molecule has 0 unspecified atom stereocenters. The van der Waals surface area contributed by atoms with Crippen LogP contribution in [-0.2, 0) is 13.1 Å².